The van der Waals surface area contributed by atoms with Crippen LogP contribution in [0.5, 0.6) is 0 Å². The van der Waals surface area contributed by atoms with Crippen LogP contribution in [0, 0.1) is 0 Å². The molecule has 8 heteroatoms. The van der Waals surface area contributed by atoms with Gasteiger partial charge in [-0.25, -0.2) is 14.6 Å². The van der Waals surface area contributed by atoms with Gasteiger partial charge >= 0.3 is 12.0 Å². The Labute approximate surface area is 112 Å². The molecule has 0 saturated heterocycles. The smallest absolute Gasteiger partial charge is 0.356 e. The zero-order valence-corrected chi connectivity index (χ0v) is 10.7. The summed E-state index contributed by atoms with van der Waals surface area (Å²) in [5, 5.41) is 17.7. The fraction of sp³-hybridized carbons (Fsp3) is 0.182. The van der Waals surface area contributed by atoms with Gasteiger partial charge in [0.25, 0.3) is 0 Å². The number of hydrogen-bond acceptors (Lipinski definition) is 4. The lowest BCUT2D eigenvalue weighted by Gasteiger charge is -2.06. The van der Waals surface area contributed by atoms with Crippen molar-refractivity contribution >= 4 is 29.0 Å². The van der Waals surface area contributed by atoms with E-state index in [0.29, 0.717) is 13.1 Å². The van der Waals surface area contributed by atoms with Gasteiger partial charge in [-0.05, 0) is 11.4 Å². The number of rotatable bonds is 5. The lowest BCUT2D eigenvalue weighted by atomic mass is 10.5. The van der Waals surface area contributed by atoms with E-state index in [1.807, 2.05) is 10.8 Å². The molecular formula is C11H12N4O3S. The first-order valence-electron chi connectivity index (χ1n) is 5.47. The number of aromatic carboxylic acids is 1. The number of aromatic nitrogens is 2. The second kappa shape index (κ2) is 6.01. The van der Waals surface area contributed by atoms with Crippen LogP contribution in [0.15, 0.2) is 29.4 Å². The molecule has 7 nitrogen and oxygen atoms in total. The van der Waals surface area contributed by atoms with Gasteiger partial charge in [0.1, 0.15) is 0 Å². The summed E-state index contributed by atoms with van der Waals surface area (Å²) in [4.78, 5) is 25.8. The Bertz CT molecular complexity index is 564. The fourth-order valence-corrected chi connectivity index (χ4v) is 1.99. The average Bonchev–Trinajstić information content (AvgIpc) is 3.00. The van der Waals surface area contributed by atoms with Crippen LogP contribution in [-0.2, 0) is 6.54 Å². The van der Waals surface area contributed by atoms with Crippen molar-refractivity contribution in [1.82, 2.24) is 14.9 Å². The standard InChI is InChI=1S/C11H12N4O3S/c16-10(17)9-5-15(7-13-9)3-2-12-11(18)14-8-1-4-19-6-8/h1,4-7H,2-3H2,(H,16,17)(H2,12,14,18). The third-order valence-electron chi connectivity index (χ3n) is 2.29. The summed E-state index contributed by atoms with van der Waals surface area (Å²) in [5.74, 6) is -1.07. The van der Waals surface area contributed by atoms with E-state index < -0.39 is 5.97 Å². The highest BCUT2D eigenvalue weighted by atomic mass is 32.1. The van der Waals surface area contributed by atoms with Crippen LogP contribution in [-0.4, -0.2) is 33.2 Å². The third kappa shape index (κ3) is 3.81. The summed E-state index contributed by atoms with van der Waals surface area (Å²) in [6.07, 6.45) is 2.84. The van der Waals surface area contributed by atoms with Gasteiger partial charge in [-0.1, -0.05) is 0 Å². The maximum absolute atomic E-state index is 11.5. The minimum atomic E-state index is -1.07. The van der Waals surface area contributed by atoms with Crippen LogP contribution >= 0.6 is 11.3 Å². The Kier molecular flexibility index (Phi) is 4.14. The molecule has 0 aromatic carbocycles. The van der Waals surface area contributed by atoms with Crippen molar-refractivity contribution in [3.8, 4) is 0 Å². The Hall–Kier alpha value is -2.35. The number of imidazole rings is 1. The number of carbonyl (C=O) groups excluding carboxylic acids is 1. The highest BCUT2D eigenvalue weighted by molar-refractivity contribution is 7.08. The van der Waals surface area contributed by atoms with E-state index in [4.69, 9.17) is 5.11 Å². The van der Waals surface area contributed by atoms with Crippen LogP contribution in [0.2, 0.25) is 0 Å². The summed E-state index contributed by atoms with van der Waals surface area (Å²) in [6, 6.07) is 1.51. The van der Waals surface area contributed by atoms with Gasteiger partial charge in [-0.2, -0.15) is 11.3 Å². The summed E-state index contributed by atoms with van der Waals surface area (Å²) in [5.41, 5.74) is 0.737. The van der Waals surface area contributed by atoms with E-state index in [1.165, 1.54) is 23.9 Å². The second-order valence-corrected chi connectivity index (χ2v) is 4.47. The maximum Gasteiger partial charge on any atom is 0.356 e. The number of nitrogens with one attached hydrogen (secondary N) is 2. The van der Waals surface area contributed by atoms with Crippen LogP contribution in [0.4, 0.5) is 10.5 Å². The van der Waals surface area contributed by atoms with Gasteiger partial charge in [0.15, 0.2) is 5.69 Å². The zero-order chi connectivity index (χ0) is 13.7. The van der Waals surface area contributed by atoms with E-state index in [2.05, 4.69) is 15.6 Å². The minimum absolute atomic E-state index is 0.0114. The van der Waals surface area contributed by atoms with Crippen molar-refractivity contribution in [2.75, 3.05) is 11.9 Å². The lowest BCUT2D eigenvalue weighted by Crippen LogP contribution is -2.31. The zero-order valence-electron chi connectivity index (χ0n) is 9.87. The Balaban J connectivity index is 1.73. The van der Waals surface area contributed by atoms with Gasteiger partial charge in [0, 0.05) is 24.7 Å². The van der Waals surface area contributed by atoms with Gasteiger partial charge in [0.05, 0.1) is 12.0 Å². The molecule has 0 radical (unpaired) electrons. The molecule has 0 atom stereocenters. The maximum atomic E-state index is 11.5. The van der Waals surface area contributed by atoms with Crippen molar-refractivity contribution in [2.45, 2.75) is 6.54 Å². The molecule has 2 amide bonds. The Morgan fingerprint density at radius 2 is 2.32 bits per heavy atom. The number of urea groups is 1. The summed E-state index contributed by atoms with van der Waals surface area (Å²) >= 11 is 1.50. The first-order valence-corrected chi connectivity index (χ1v) is 6.41. The fourth-order valence-electron chi connectivity index (χ4n) is 1.40. The SMILES string of the molecule is O=C(NCCn1cnc(C(=O)O)c1)Nc1ccsc1. The normalized spacial score (nSPS) is 10.1. The van der Waals surface area contributed by atoms with Crippen LogP contribution in [0.25, 0.3) is 0 Å². The highest BCUT2D eigenvalue weighted by Crippen LogP contribution is 2.10. The number of nitrogens with zero attached hydrogens (tertiary/aromatic N) is 2. The molecule has 0 spiro atoms. The van der Waals surface area contributed by atoms with Crippen molar-refractivity contribution in [3.05, 3.63) is 35.0 Å². The molecule has 19 heavy (non-hydrogen) atoms. The lowest BCUT2D eigenvalue weighted by molar-refractivity contribution is 0.0691. The quantitative estimate of drug-likeness (QED) is 0.772. The van der Waals surface area contributed by atoms with Crippen LogP contribution < -0.4 is 10.6 Å². The van der Waals surface area contributed by atoms with E-state index in [9.17, 15) is 9.59 Å². The van der Waals surface area contributed by atoms with Crippen LogP contribution in [0.1, 0.15) is 10.5 Å². The first-order chi connectivity index (χ1) is 9.15. The van der Waals surface area contributed by atoms with E-state index in [1.54, 1.807) is 10.6 Å². The number of carbonyl (C=O) groups is 2. The molecule has 0 saturated carbocycles. The van der Waals surface area contributed by atoms with Gasteiger partial charge in [0.2, 0.25) is 0 Å². The minimum Gasteiger partial charge on any atom is -0.476 e. The molecule has 0 unspecified atom stereocenters. The van der Waals surface area contributed by atoms with Crippen molar-refractivity contribution in [1.29, 1.82) is 0 Å². The van der Waals surface area contributed by atoms with Crippen molar-refractivity contribution < 1.29 is 14.7 Å². The van der Waals surface area contributed by atoms with E-state index in [0.717, 1.165) is 5.69 Å². The van der Waals surface area contributed by atoms with Crippen molar-refractivity contribution in [2.24, 2.45) is 0 Å². The van der Waals surface area contributed by atoms with E-state index in [-0.39, 0.29) is 11.7 Å². The molecule has 0 aliphatic carbocycles. The molecular weight excluding hydrogens is 268 g/mol. The van der Waals surface area contributed by atoms with Gasteiger partial charge in [-0.3, -0.25) is 0 Å². The number of hydrogen-bond donors (Lipinski definition) is 3. The van der Waals surface area contributed by atoms with Gasteiger partial charge in [-0.15, -0.1) is 0 Å². The van der Waals surface area contributed by atoms with E-state index >= 15 is 0 Å². The summed E-state index contributed by atoms with van der Waals surface area (Å²) < 4.78 is 1.61. The summed E-state index contributed by atoms with van der Waals surface area (Å²) in [7, 11) is 0. The average molecular weight is 280 g/mol. The molecule has 0 aliphatic heterocycles. The number of carboxylic acids is 1. The number of amides is 2. The molecule has 2 rings (SSSR count). The highest BCUT2D eigenvalue weighted by Gasteiger charge is 2.06. The molecule has 0 fully saturated rings. The largest absolute Gasteiger partial charge is 0.476 e. The van der Waals surface area contributed by atoms with Gasteiger partial charge < -0.3 is 20.3 Å². The number of carboxylic acid groups (broad SMARTS) is 1. The Morgan fingerprint density at radius 1 is 1.47 bits per heavy atom. The predicted octanol–water partition coefficient (Wildman–Crippen LogP) is 1.46. The molecule has 100 valence electrons. The molecule has 0 aliphatic rings. The monoisotopic (exact) mass is 280 g/mol. The van der Waals surface area contributed by atoms with Crippen molar-refractivity contribution in [3.63, 3.8) is 0 Å². The Morgan fingerprint density at radius 3 is 2.95 bits per heavy atom. The summed E-state index contributed by atoms with van der Waals surface area (Å²) in [6.45, 7) is 0.836. The second-order valence-electron chi connectivity index (χ2n) is 3.69. The predicted molar refractivity (Wildman–Crippen MR) is 70.5 cm³/mol. The molecule has 0 bridgehead atoms. The number of anilines is 1. The molecule has 2 aromatic heterocycles. The first kappa shape index (κ1) is 13.1. The molecule has 2 heterocycles. The van der Waals surface area contributed by atoms with Crippen LogP contribution in [0.3, 0.4) is 0 Å². The third-order valence-corrected chi connectivity index (χ3v) is 2.97. The number of thiophene rings is 1. The molecule has 3 N–H and O–H groups in total. The molecule has 2 aromatic rings. The topological polar surface area (TPSA) is 96.2 Å².